The minimum absolute atomic E-state index is 0.147. The number of aromatic nitrogens is 2. The van der Waals surface area contributed by atoms with Gasteiger partial charge < -0.3 is 10.2 Å². The Bertz CT molecular complexity index is 542. The molecule has 0 aliphatic carbocycles. The molecule has 1 aromatic rings. The van der Waals surface area contributed by atoms with Gasteiger partial charge in [0.15, 0.2) is 0 Å². The molecule has 2 aliphatic rings. The molecule has 0 saturated carbocycles. The summed E-state index contributed by atoms with van der Waals surface area (Å²) in [6.45, 7) is 4.20. The largest absolute Gasteiger partial charge is 0.362 e. The Balaban J connectivity index is 1.78. The Kier molecular flexibility index (Phi) is 3.84. The minimum Gasteiger partial charge on any atom is -0.362 e. The Labute approximate surface area is 124 Å². The highest BCUT2D eigenvalue weighted by atomic mass is 16.6. The van der Waals surface area contributed by atoms with Crippen LogP contribution in [0.2, 0.25) is 0 Å². The first kappa shape index (κ1) is 14.3. The van der Waals surface area contributed by atoms with E-state index in [9.17, 15) is 10.1 Å². The van der Waals surface area contributed by atoms with Crippen LogP contribution in [0.4, 0.5) is 11.5 Å². The number of nitrogens with zero attached hydrogens (tertiary/aromatic N) is 4. The maximum absolute atomic E-state index is 11.3. The summed E-state index contributed by atoms with van der Waals surface area (Å²) in [5.74, 6) is 0.563. The van der Waals surface area contributed by atoms with Gasteiger partial charge >= 0.3 is 5.69 Å². The van der Waals surface area contributed by atoms with E-state index in [1.165, 1.54) is 19.4 Å². The van der Waals surface area contributed by atoms with Crippen LogP contribution < -0.4 is 5.32 Å². The Hall–Kier alpha value is -1.63. The summed E-state index contributed by atoms with van der Waals surface area (Å²) in [6, 6.07) is 0.956. The van der Waals surface area contributed by atoms with Crippen LogP contribution in [-0.4, -0.2) is 44.8 Å². The molecule has 0 radical (unpaired) electrons. The molecule has 0 spiro atoms. The van der Waals surface area contributed by atoms with Crippen molar-refractivity contribution in [2.45, 2.75) is 51.1 Å². The molecule has 21 heavy (non-hydrogen) atoms. The molecule has 1 aromatic heterocycles. The molecule has 116 valence electrons. The van der Waals surface area contributed by atoms with Crippen LogP contribution in [0.1, 0.15) is 38.3 Å². The highest BCUT2D eigenvalue weighted by molar-refractivity contribution is 5.60. The number of aryl methyl sites for hydroxylation is 2. The molecule has 3 heterocycles. The number of nitro groups is 1. The molecule has 1 N–H and O–H groups in total. The fourth-order valence-electron chi connectivity index (χ4n) is 3.71. The van der Waals surface area contributed by atoms with E-state index in [1.807, 2.05) is 6.92 Å². The van der Waals surface area contributed by atoms with Crippen molar-refractivity contribution < 1.29 is 4.92 Å². The second-order valence-corrected chi connectivity index (χ2v) is 6.08. The first-order chi connectivity index (χ1) is 10.1. The number of hydrogen-bond donors (Lipinski definition) is 1. The van der Waals surface area contributed by atoms with Crippen molar-refractivity contribution in [1.82, 2.24) is 14.7 Å². The zero-order valence-corrected chi connectivity index (χ0v) is 12.7. The monoisotopic (exact) mass is 293 g/mol. The Morgan fingerprint density at radius 2 is 2.24 bits per heavy atom. The lowest BCUT2D eigenvalue weighted by Gasteiger charge is -2.35. The van der Waals surface area contributed by atoms with Crippen LogP contribution >= 0.6 is 0 Å². The number of hydrogen-bond acceptors (Lipinski definition) is 5. The average Bonchev–Trinajstić information content (AvgIpc) is 3.03. The van der Waals surface area contributed by atoms with Crippen molar-refractivity contribution in [3.63, 3.8) is 0 Å². The predicted molar refractivity (Wildman–Crippen MR) is 80.5 cm³/mol. The predicted octanol–water partition coefficient (Wildman–Crippen LogP) is 1.93. The number of anilines is 1. The zero-order valence-electron chi connectivity index (χ0n) is 12.7. The summed E-state index contributed by atoms with van der Waals surface area (Å²) in [4.78, 5) is 13.6. The lowest BCUT2D eigenvalue weighted by molar-refractivity contribution is -0.384. The van der Waals surface area contributed by atoms with Crippen molar-refractivity contribution in [3.8, 4) is 0 Å². The summed E-state index contributed by atoms with van der Waals surface area (Å²) < 4.78 is 1.62. The van der Waals surface area contributed by atoms with Gasteiger partial charge in [-0.05, 0) is 38.6 Å². The van der Waals surface area contributed by atoms with E-state index in [0.717, 1.165) is 19.4 Å². The third kappa shape index (κ3) is 2.62. The van der Waals surface area contributed by atoms with Gasteiger partial charge in [0.05, 0.1) is 4.92 Å². The van der Waals surface area contributed by atoms with E-state index in [4.69, 9.17) is 0 Å². The molecule has 0 amide bonds. The number of nitrogens with one attached hydrogen (secondary N) is 1. The van der Waals surface area contributed by atoms with E-state index in [-0.39, 0.29) is 10.6 Å². The van der Waals surface area contributed by atoms with Gasteiger partial charge in [-0.2, -0.15) is 5.10 Å². The molecule has 2 atom stereocenters. The molecule has 2 saturated heterocycles. The van der Waals surface area contributed by atoms with E-state index in [1.54, 1.807) is 11.7 Å². The van der Waals surface area contributed by atoms with Crippen molar-refractivity contribution in [2.75, 3.05) is 18.4 Å². The first-order valence-electron chi connectivity index (χ1n) is 7.81. The van der Waals surface area contributed by atoms with E-state index in [0.29, 0.717) is 30.0 Å². The van der Waals surface area contributed by atoms with Crippen LogP contribution in [0.15, 0.2) is 0 Å². The normalized spacial score (nSPS) is 25.8. The third-order valence-electron chi connectivity index (χ3n) is 4.77. The topological polar surface area (TPSA) is 76.2 Å². The van der Waals surface area contributed by atoms with Crippen molar-refractivity contribution >= 4 is 11.5 Å². The number of piperidine rings is 1. The van der Waals surface area contributed by atoms with Crippen LogP contribution in [0.3, 0.4) is 0 Å². The van der Waals surface area contributed by atoms with E-state index >= 15 is 0 Å². The first-order valence-corrected chi connectivity index (χ1v) is 7.81. The molecule has 2 aliphatic heterocycles. The summed E-state index contributed by atoms with van der Waals surface area (Å²) in [7, 11) is 1.78. The van der Waals surface area contributed by atoms with Gasteiger partial charge in [0.1, 0.15) is 5.69 Å². The maximum atomic E-state index is 11.3. The second kappa shape index (κ2) is 5.63. The number of rotatable bonds is 4. The fourth-order valence-corrected chi connectivity index (χ4v) is 3.71. The Morgan fingerprint density at radius 1 is 1.43 bits per heavy atom. The number of fused-ring (bicyclic) bond motifs is 1. The molecule has 0 bridgehead atoms. The van der Waals surface area contributed by atoms with Gasteiger partial charge in [0, 0.05) is 25.7 Å². The summed E-state index contributed by atoms with van der Waals surface area (Å²) in [5, 5.41) is 19.0. The average molecular weight is 293 g/mol. The Morgan fingerprint density at radius 3 is 2.95 bits per heavy atom. The molecule has 3 rings (SSSR count). The second-order valence-electron chi connectivity index (χ2n) is 6.08. The molecular formula is C14H23N5O2. The van der Waals surface area contributed by atoms with E-state index in [2.05, 4.69) is 15.3 Å². The molecule has 2 unspecified atom stereocenters. The molecular weight excluding hydrogens is 270 g/mol. The smallest absolute Gasteiger partial charge is 0.333 e. The quantitative estimate of drug-likeness (QED) is 0.678. The van der Waals surface area contributed by atoms with Crippen LogP contribution in [0, 0.1) is 10.1 Å². The maximum Gasteiger partial charge on any atom is 0.333 e. The van der Waals surface area contributed by atoms with Gasteiger partial charge in [-0.25, -0.2) is 4.68 Å². The molecule has 2 fully saturated rings. The standard InChI is InChI=1S/C14H23N5O2/c1-3-12-13(19(20)21)14(17(2)16-12)15-10-6-8-18-7-4-5-11(18)9-10/h10-11,15H,3-9H2,1-2H3. The van der Waals surface area contributed by atoms with Gasteiger partial charge in [0.2, 0.25) is 5.82 Å². The van der Waals surface area contributed by atoms with Gasteiger partial charge in [0.25, 0.3) is 0 Å². The van der Waals surface area contributed by atoms with Gasteiger partial charge in [-0.1, -0.05) is 6.92 Å². The molecule has 0 aromatic carbocycles. The van der Waals surface area contributed by atoms with E-state index < -0.39 is 0 Å². The summed E-state index contributed by atoms with van der Waals surface area (Å²) in [6.07, 6.45) is 5.23. The van der Waals surface area contributed by atoms with Crippen molar-refractivity contribution in [1.29, 1.82) is 0 Å². The van der Waals surface area contributed by atoms with Gasteiger partial charge in [-0.3, -0.25) is 10.1 Å². The SMILES string of the molecule is CCc1nn(C)c(NC2CCN3CCCC3C2)c1[N+](=O)[O-]. The van der Waals surface area contributed by atoms with Crippen LogP contribution in [-0.2, 0) is 13.5 Å². The molecule has 7 nitrogen and oxygen atoms in total. The zero-order chi connectivity index (χ0) is 15.0. The van der Waals surface area contributed by atoms with Crippen molar-refractivity contribution in [2.24, 2.45) is 7.05 Å². The summed E-state index contributed by atoms with van der Waals surface area (Å²) >= 11 is 0. The summed E-state index contributed by atoms with van der Waals surface area (Å²) in [5.41, 5.74) is 0.706. The minimum atomic E-state index is -0.307. The highest BCUT2D eigenvalue weighted by Gasteiger charge is 2.34. The third-order valence-corrected chi connectivity index (χ3v) is 4.77. The van der Waals surface area contributed by atoms with Crippen LogP contribution in [0.5, 0.6) is 0 Å². The lowest BCUT2D eigenvalue weighted by atomic mass is 9.97. The molecule has 7 heteroatoms. The highest BCUT2D eigenvalue weighted by Crippen LogP contribution is 2.33. The fraction of sp³-hybridized carbons (Fsp3) is 0.786. The van der Waals surface area contributed by atoms with Gasteiger partial charge in [-0.15, -0.1) is 0 Å². The lowest BCUT2D eigenvalue weighted by Crippen LogP contribution is -2.43. The van der Waals surface area contributed by atoms with Crippen LogP contribution in [0.25, 0.3) is 0 Å². The van der Waals surface area contributed by atoms with Crippen molar-refractivity contribution in [3.05, 3.63) is 15.8 Å².